The summed E-state index contributed by atoms with van der Waals surface area (Å²) in [7, 11) is 1.46. The summed E-state index contributed by atoms with van der Waals surface area (Å²) in [6.45, 7) is 1.71. The van der Waals surface area contributed by atoms with Crippen LogP contribution in [-0.4, -0.2) is 24.1 Å². The Bertz CT molecular complexity index is 936. The first-order valence-corrected chi connectivity index (χ1v) is 8.21. The molecule has 3 aromatic rings. The number of nitrogens with one attached hydrogen (secondary N) is 1. The topological polar surface area (TPSA) is 90.7 Å². The minimum absolute atomic E-state index is 0.228. The fraction of sp³-hybridized carbons (Fsp3) is 0.150. The number of ether oxygens (including phenoxy) is 2. The Morgan fingerprint density at radius 1 is 1.07 bits per heavy atom. The third kappa shape index (κ3) is 4.33. The van der Waals surface area contributed by atoms with Crippen LogP contribution >= 0.6 is 0 Å². The number of amides is 1. The molecular formula is C20H18N2O5. The van der Waals surface area contributed by atoms with Crippen LogP contribution in [0.2, 0.25) is 0 Å². The van der Waals surface area contributed by atoms with Gasteiger partial charge in [-0.3, -0.25) is 4.79 Å². The molecule has 3 rings (SSSR count). The number of hydrogen-bond acceptors (Lipinski definition) is 6. The number of rotatable bonds is 6. The first-order valence-electron chi connectivity index (χ1n) is 8.21. The number of esters is 1. The summed E-state index contributed by atoms with van der Waals surface area (Å²) in [5, 5.41) is 6.32. The summed E-state index contributed by atoms with van der Waals surface area (Å²) in [5.41, 5.74) is 0.754. The molecule has 0 aliphatic rings. The zero-order valence-electron chi connectivity index (χ0n) is 14.8. The number of hydrogen-bond donors (Lipinski definition) is 1. The van der Waals surface area contributed by atoms with E-state index in [9.17, 15) is 9.59 Å². The van der Waals surface area contributed by atoms with E-state index in [4.69, 9.17) is 14.0 Å². The van der Waals surface area contributed by atoms with Crippen molar-refractivity contribution in [3.05, 3.63) is 77.6 Å². The Morgan fingerprint density at radius 3 is 2.44 bits per heavy atom. The quantitative estimate of drug-likeness (QED) is 0.671. The number of carbonyl (C=O) groups excluding carboxylic acids is 2. The molecular weight excluding hydrogens is 348 g/mol. The number of anilines is 1. The second kappa shape index (κ2) is 8.18. The van der Waals surface area contributed by atoms with Crippen LogP contribution in [0.25, 0.3) is 0 Å². The maximum Gasteiger partial charge on any atom is 0.343 e. The lowest BCUT2D eigenvalue weighted by molar-refractivity contribution is -0.125. The first-order chi connectivity index (χ1) is 13.1. The number of nitrogens with zero attached hydrogens (tertiary/aromatic N) is 1. The Labute approximate surface area is 155 Å². The van der Waals surface area contributed by atoms with Crippen LogP contribution in [0, 0.1) is 6.92 Å². The van der Waals surface area contributed by atoms with E-state index in [2.05, 4.69) is 10.5 Å². The smallest absolute Gasteiger partial charge is 0.343 e. The van der Waals surface area contributed by atoms with Gasteiger partial charge in [-0.1, -0.05) is 47.6 Å². The highest BCUT2D eigenvalue weighted by atomic mass is 16.6. The van der Waals surface area contributed by atoms with Crippen molar-refractivity contribution in [1.29, 1.82) is 0 Å². The molecule has 1 heterocycles. The Balaban J connectivity index is 1.86. The maximum atomic E-state index is 12.7. The van der Waals surface area contributed by atoms with E-state index in [1.165, 1.54) is 7.11 Å². The molecule has 0 radical (unpaired) electrons. The minimum Gasteiger partial charge on any atom is -0.496 e. The molecule has 2 aromatic carbocycles. The van der Waals surface area contributed by atoms with E-state index in [1.807, 2.05) is 6.07 Å². The second-order valence-corrected chi connectivity index (χ2v) is 5.71. The van der Waals surface area contributed by atoms with Gasteiger partial charge >= 0.3 is 5.97 Å². The lowest BCUT2D eigenvalue weighted by Gasteiger charge is -2.18. The van der Waals surface area contributed by atoms with E-state index < -0.39 is 18.0 Å². The van der Waals surface area contributed by atoms with Gasteiger partial charge in [0, 0.05) is 11.6 Å². The standard InChI is InChI=1S/C20H18N2O5/c1-13-12-17(22-27-13)21-19(23)18(14-8-4-3-5-9-14)26-20(24)15-10-6-7-11-16(15)25-2/h3-12,18H,1-2H3,(H,21,22,23)/t18-/m1/s1. The fourth-order valence-electron chi connectivity index (χ4n) is 2.50. The van der Waals surface area contributed by atoms with Gasteiger partial charge in [0.15, 0.2) is 5.82 Å². The molecule has 0 saturated heterocycles. The maximum absolute atomic E-state index is 12.7. The van der Waals surface area contributed by atoms with Crippen LogP contribution in [0.15, 0.2) is 65.2 Å². The molecule has 1 aromatic heterocycles. The normalized spacial score (nSPS) is 11.5. The van der Waals surface area contributed by atoms with E-state index in [1.54, 1.807) is 61.5 Å². The SMILES string of the molecule is COc1ccccc1C(=O)O[C@@H](C(=O)Nc1cc(C)on1)c1ccccc1. The molecule has 7 nitrogen and oxygen atoms in total. The summed E-state index contributed by atoms with van der Waals surface area (Å²) >= 11 is 0. The molecule has 1 atom stereocenters. The summed E-state index contributed by atoms with van der Waals surface area (Å²) in [6, 6.07) is 16.9. The largest absolute Gasteiger partial charge is 0.496 e. The monoisotopic (exact) mass is 366 g/mol. The van der Waals surface area contributed by atoms with Gasteiger partial charge in [-0.15, -0.1) is 0 Å². The van der Waals surface area contributed by atoms with Crippen LogP contribution in [0.1, 0.15) is 27.8 Å². The number of carbonyl (C=O) groups is 2. The predicted molar refractivity (Wildman–Crippen MR) is 97.5 cm³/mol. The Morgan fingerprint density at radius 2 is 1.78 bits per heavy atom. The van der Waals surface area contributed by atoms with Crippen molar-refractivity contribution in [2.24, 2.45) is 0 Å². The van der Waals surface area contributed by atoms with E-state index in [0.717, 1.165) is 0 Å². The number of benzene rings is 2. The van der Waals surface area contributed by atoms with Gasteiger partial charge in [0.2, 0.25) is 6.10 Å². The molecule has 0 unspecified atom stereocenters. The Hall–Kier alpha value is -3.61. The number of aromatic nitrogens is 1. The third-order valence-electron chi connectivity index (χ3n) is 3.77. The summed E-state index contributed by atoms with van der Waals surface area (Å²) < 4.78 is 15.6. The lowest BCUT2D eigenvalue weighted by Crippen LogP contribution is -2.26. The van der Waals surface area contributed by atoms with Crippen molar-refractivity contribution in [1.82, 2.24) is 5.16 Å². The molecule has 27 heavy (non-hydrogen) atoms. The molecule has 7 heteroatoms. The predicted octanol–water partition coefficient (Wildman–Crippen LogP) is 3.53. The fourth-order valence-corrected chi connectivity index (χ4v) is 2.50. The van der Waals surface area contributed by atoms with Crippen molar-refractivity contribution >= 4 is 17.7 Å². The van der Waals surface area contributed by atoms with Crippen LogP contribution in [-0.2, 0) is 9.53 Å². The second-order valence-electron chi connectivity index (χ2n) is 5.71. The minimum atomic E-state index is -1.17. The lowest BCUT2D eigenvalue weighted by atomic mass is 10.1. The molecule has 0 fully saturated rings. The molecule has 1 N–H and O–H groups in total. The Kier molecular flexibility index (Phi) is 5.51. The van der Waals surface area contributed by atoms with Crippen molar-refractivity contribution in [2.75, 3.05) is 12.4 Å². The molecule has 0 spiro atoms. The van der Waals surface area contributed by atoms with Gasteiger partial charge in [-0.2, -0.15) is 0 Å². The van der Waals surface area contributed by atoms with Gasteiger partial charge < -0.3 is 19.3 Å². The number of para-hydroxylation sites is 1. The van der Waals surface area contributed by atoms with Crippen molar-refractivity contribution < 1.29 is 23.6 Å². The van der Waals surface area contributed by atoms with E-state index >= 15 is 0 Å². The van der Waals surface area contributed by atoms with Crippen molar-refractivity contribution in [3.8, 4) is 5.75 Å². The van der Waals surface area contributed by atoms with E-state index in [0.29, 0.717) is 17.1 Å². The average molecular weight is 366 g/mol. The van der Waals surface area contributed by atoms with Gasteiger partial charge in [-0.25, -0.2) is 4.79 Å². The molecule has 1 amide bonds. The van der Waals surface area contributed by atoms with Crippen LogP contribution < -0.4 is 10.1 Å². The summed E-state index contributed by atoms with van der Waals surface area (Å²) in [5.74, 6) is -0.0632. The molecule has 0 bridgehead atoms. The highest BCUT2D eigenvalue weighted by molar-refractivity contribution is 5.98. The van der Waals surface area contributed by atoms with Crippen molar-refractivity contribution in [2.45, 2.75) is 13.0 Å². The highest BCUT2D eigenvalue weighted by Crippen LogP contribution is 2.25. The van der Waals surface area contributed by atoms with Crippen LogP contribution in [0.5, 0.6) is 5.75 Å². The molecule has 138 valence electrons. The zero-order chi connectivity index (χ0) is 19.2. The highest BCUT2D eigenvalue weighted by Gasteiger charge is 2.27. The third-order valence-corrected chi connectivity index (χ3v) is 3.77. The van der Waals surface area contributed by atoms with Gasteiger partial charge in [0.05, 0.1) is 7.11 Å². The van der Waals surface area contributed by atoms with Crippen molar-refractivity contribution in [3.63, 3.8) is 0 Å². The number of aryl methyl sites for hydroxylation is 1. The summed E-state index contributed by atoms with van der Waals surface area (Å²) in [4.78, 5) is 25.4. The first kappa shape index (κ1) is 18.2. The van der Waals surface area contributed by atoms with Crippen LogP contribution in [0.3, 0.4) is 0 Å². The number of methoxy groups -OCH3 is 1. The average Bonchev–Trinajstić information content (AvgIpc) is 3.11. The molecule has 0 aliphatic heterocycles. The zero-order valence-corrected chi connectivity index (χ0v) is 14.8. The van der Waals surface area contributed by atoms with Crippen LogP contribution in [0.4, 0.5) is 5.82 Å². The van der Waals surface area contributed by atoms with Gasteiger partial charge in [0.25, 0.3) is 5.91 Å². The van der Waals surface area contributed by atoms with E-state index in [-0.39, 0.29) is 11.4 Å². The van der Waals surface area contributed by atoms with Gasteiger partial charge in [0.1, 0.15) is 17.1 Å². The van der Waals surface area contributed by atoms with Gasteiger partial charge in [-0.05, 0) is 19.1 Å². The molecule has 0 saturated carbocycles. The molecule has 0 aliphatic carbocycles. The summed E-state index contributed by atoms with van der Waals surface area (Å²) in [6.07, 6.45) is -1.17.